The van der Waals surface area contributed by atoms with E-state index < -0.39 is 0 Å². The molecule has 118 valence electrons. The summed E-state index contributed by atoms with van der Waals surface area (Å²) in [7, 11) is -0.277. The van der Waals surface area contributed by atoms with Gasteiger partial charge in [-0.1, -0.05) is 61.6 Å². The van der Waals surface area contributed by atoms with Crippen LogP contribution in [0.4, 0.5) is 0 Å². The van der Waals surface area contributed by atoms with Crippen LogP contribution in [-0.4, -0.2) is 15.3 Å². The Labute approximate surface area is 136 Å². The molecule has 0 fully saturated rings. The lowest BCUT2D eigenvalue weighted by molar-refractivity contribution is 0.713. The molecule has 0 spiro atoms. The van der Waals surface area contributed by atoms with Crippen LogP contribution in [0.25, 0.3) is 5.70 Å². The van der Waals surface area contributed by atoms with Crippen LogP contribution in [0.2, 0.25) is 0 Å². The second-order valence-corrected chi connectivity index (χ2v) is 11.3. The summed E-state index contributed by atoms with van der Waals surface area (Å²) >= 11 is 0. The number of dihydropyridines is 1. The van der Waals surface area contributed by atoms with Gasteiger partial charge in [0.15, 0.2) is 0 Å². The number of hydrogen-bond donors (Lipinski definition) is 1. The van der Waals surface area contributed by atoms with Crippen molar-refractivity contribution in [2.45, 2.75) is 51.9 Å². The minimum atomic E-state index is -0.277. The zero-order valence-corrected chi connectivity index (χ0v) is 15.4. The van der Waals surface area contributed by atoms with Crippen molar-refractivity contribution < 1.29 is 0 Å². The van der Waals surface area contributed by atoms with Gasteiger partial charge in [-0.2, -0.15) is 0 Å². The molecule has 0 aliphatic carbocycles. The lowest BCUT2D eigenvalue weighted by Crippen LogP contribution is -2.25. The van der Waals surface area contributed by atoms with Crippen molar-refractivity contribution in [2.75, 3.05) is 0 Å². The van der Waals surface area contributed by atoms with Gasteiger partial charge in [-0.25, -0.2) is 0 Å². The Morgan fingerprint density at radius 2 is 1.73 bits per heavy atom. The lowest BCUT2D eigenvalue weighted by atomic mass is 10.2. The topological polar surface area (TPSA) is 24.9 Å². The minimum Gasteiger partial charge on any atom is -0.354 e. The number of nitrogens with one attached hydrogen (secondary N) is 1. The fraction of sp³-hybridized carbons (Fsp3) is 0.421. The number of hydrogen-bond acceptors (Lipinski definition) is 2. The van der Waals surface area contributed by atoms with Crippen LogP contribution in [0.1, 0.15) is 47.2 Å². The Bertz CT molecular complexity index is 585. The van der Waals surface area contributed by atoms with Gasteiger partial charge in [0.05, 0.1) is 11.4 Å². The van der Waals surface area contributed by atoms with E-state index in [1.807, 2.05) is 24.4 Å². The average Bonchev–Trinajstić information content (AvgIpc) is 2.44. The molecule has 0 unspecified atom stereocenters. The van der Waals surface area contributed by atoms with E-state index in [1.165, 1.54) is 5.70 Å². The van der Waals surface area contributed by atoms with E-state index in [9.17, 15) is 0 Å². The fourth-order valence-corrected chi connectivity index (χ4v) is 5.98. The van der Waals surface area contributed by atoms with Crippen molar-refractivity contribution in [3.05, 3.63) is 59.8 Å². The zero-order chi connectivity index (χ0) is 16.4. The van der Waals surface area contributed by atoms with Crippen LogP contribution in [0.3, 0.4) is 0 Å². The Hall–Kier alpha value is -1.40. The minimum absolute atomic E-state index is 0.277. The number of pyridine rings is 1. The lowest BCUT2D eigenvalue weighted by Gasteiger charge is -2.40. The highest BCUT2D eigenvalue weighted by Gasteiger charge is 2.33. The molecule has 0 saturated carbocycles. The molecular weight excluding hydrogens is 287 g/mol. The SMILES string of the molecule is CC(C)(C)P(/C=C1\C=CC=C(c2ccccn2)N1)C(C)(C)C. The number of allylic oxidation sites excluding steroid dienone is 3. The van der Waals surface area contributed by atoms with Gasteiger partial charge in [-0.3, -0.25) is 4.98 Å². The summed E-state index contributed by atoms with van der Waals surface area (Å²) in [6.07, 6.45) is 8.16. The predicted octanol–water partition coefficient (Wildman–Crippen LogP) is 5.50. The predicted molar refractivity (Wildman–Crippen MR) is 99.0 cm³/mol. The van der Waals surface area contributed by atoms with Gasteiger partial charge in [0.25, 0.3) is 0 Å². The average molecular weight is 314 g/mol. The first kappa shape index (κ1) is 17.0. The smallest absolute Gasteiger partial charge is 0.0864 e. The number of rotatable bonds is 2. The fourth-order valence-electron chi connectivity index (χ4n) is 2.77. The molecule has 1 aliphatic rings. The molecule has 1 N–H and O–H groups in total. The highest BCUT2D eigenvalue weighted by atomic mass is 31.1. The first-order valence-electron chi connectivity index (χ1n) is 7.76. The van der Waals surface area contributed by atoms with Crippen molar-refractivity contribution >= 4 is 13.6 Å². The van der Waals surface area contributed by atoms with Crippen LogP contribution >= 0.6 is 7.92 Å². The van der Waals surface area contributed by atoms with E-state index in [1.54, 1.807) is 0 Å². The van der Waals surface area contributed by atoms with Gasteiger partial charge in [-0.15, -0.1) is 0 Å². The molecule has 0 saturated heterocycles. The van der Waals surface area contributed by atoms with E-state index in [-0.39, 0.29) is 18.2 Å². The monoisotopic (exact) mass is 314 g/mol. The molecule has 0 radical (unpaired) electrons. The molecule has 1 aliphatic heterocycles. The molecule has 2 nitrogen and oxygen atoms in total. The van der Waals surface area contributed by atoms with Crippen LogP contribution in [0.5, 0.6) is 0 Å². The van der Waals surface area contributed by atoms with Crippen LogP contribution in [-0.2, 0) is 0 Å². The van der Waals surface area contributed by atoms with Gasteiger partial charge in [0.2, 0.25) is 0 Å². The number of nitrogens with zero attached hydrogens (tertiary/aromatic N) is 1. The summed E-state index contributed by atoms with van der Waals surface area (Å²) in [4.78, 5) is 4.43. The summed E-state index contributed by atoms with van der Waals surface area (Å²) in [6.45, 7) is 14.0. The van der Waals surface area contributed by atoms with Crippen LogP contribution in [0, 0.1) is 0 Å². The normalized spacial score (nSPS) is 17.6. The third-order valence-corrected chi connectivity index (χ3v) is 6.90. The first-order valence-corrected chi connectivity index (χ1v) is 9.17. The van der Waals surface area contributed by atoms with Gasteiger partial charge in [0, 0.05) is 11.9 Å². The van der Waals surface area contributed by atoms with Crippen molar-refractivity contribution in [3.8, 4) is 0 Å². The molecule has 22 heavy (non-hydrogen) atoms. The van der Waals surface area contributed by atoms with E-state index in [0.717, 1.165) is 11.4 Å². The molecule has 0 aromatic carbocycles. The summed E-state index contributed by atoms with van der Waals surface area (Å²) in [5.41, 5.74) is 3.22. The third kappa shape index (κ3) is 4.30. The van der Waals surface area contributed by atoms with Crippen molar-refractivity contribution in [1.82, 2.24) is 10.3 Å². The maximum Gasteiger partial charge on any atom is 0.0864 e. The summed E-state index contributed by atoms with van der Waals surface area (Å²) in [6, 6.07) is 5.99. The second kappa shape index (κ2) is 6.38. The molecule has 3 heteroatoms. The van der Waals surface area contributed by atoms with Gasteiger partial charge < -0.3 is 5.32 Å². The molecule has 2 rings (SSSR count). The van der Waals surface area contributed by atoms with Gasteiger partial charge in [-0.05, 0) is 40.4 Å². The maximum atomic E-state index is 4.43. The Balaban J connectivity index is 2.27. The Kier molecular flexibility index (Phi) is 4.92. The molecule has 0 bridgehead atoms. The first-order chi connectivity index (χ1) is 10.2. The number of aromatic nitrogens is 1. The molecule has 0 amide bonds. The Morgan fingerprint density at radius 1 is 1.05 bits per heavy atom. The molecule has 2 heterocycles. The van der Waals surface area contributed by atoms with Crippen molar-refractivity contribution in [3.63, 3.8) is 0 Å². The highest BCUT2D eigenvalue weighted by molar-refractivity contribution is 7.64. The molecule has 1 aromatic rings. The van der Waals surface area contributed by atoms with Gasteiger partial charge in [0.1, 0.15) is 0 Å². The quantitative estimate of drug-likeness (QED) is 0.729. The largest absolute Gasteiger partial charge is 0.354 e. The van der Waals surface area contributed by atoms with E-state index in [4.69, 9.17) is 0 Å². The maximum absolute atomic E-state index is 4.43. The van der Waals surface area contributed by atoms with Gasteiger partial charge >= 0.3 is 0 Å². The van der Waals surface area contributed by atoms with E-state index >= 15 is 0 Å². The summed E-state index contributed by atoms with van der Waals surface area (Å²) < 4.78 is 0. The van der Waals surface area contributed by atoms with Crippen molar-refractivity contribution in [1.29, 1.82) is 0 Å². The Morgan fingerprint density at radius 3 is 2.27 bits per heavy atom. The van der Waals surface area contributed by atoms with E-state index in [0.29, 0.717) is 0 Å². The van der Waals surface area contributed by atoms with E-state index in [2.05, 4.69) is 75.9 Å². The third-order valence-electron chi connectivity index (χ3n) is 3.47. The second-order valence-electron chi connectivity index (χ2n) is 7.58. The van der Waals surface area contributed by atoms with Crippen molar-refractivity contribution in [2.24, 2.45) is 0 Å². The van der Waals surface area contributed by atoms with Crippen LogP contribution in [0.15, 0.2) is 54.1 Å². The van der Waals surface area contributed by atoms with Crippen LogP contribution < -0.4 is 5.32 Å². The molecule has 1 aromatic heterocycles. The molecule has 0 atom stereocenters. The standard InChI is InChI=1S/C19H27N2P/c1-18(2,3)22(19(4,5)6)14-15-10-9-12-17(21-15)16-11-7-8-13-20-16/h7-14,21H,1-6H3/b15-14+. The summed E-state index contributed by atoms with van der Waals surface area (Å²) in [5, 5.41) is 4.09. The zero-order valence-electron chi connectivity index (χ0n) is 14.5. The highest BCUT2D eigenvalue weighted by Crippen LogP contribution is 2.60. The summed E-state index contributed by atoms with van der Waals surface area (Å²) in [5.74, 6) is 2.43. The molecular formula is C19H27N2P.